The van der Waals surface area contributed by atoms with E-state index in [-0.39, 0.29) is 6.04 Å². The number of rotatable bonds is 2. The zero-order chi connectivity index (χ0) is 9.30. The maximum Gasteiger partial charge on any atom is 0.0644 e. The minimum absolute atomic E-state index is 0.165. The van der Waals surface area contributed by atoms with Gasteiger partial charge >= 0.3 is 0 Å². The number of aromatic nitrogens is 2. The van der Waals surface area contributed by atoms with Gasteiger partial charge in [-0.15, -0.1) is 0 Å². The lowest BCUT2D eigenvalue weighted by molar-refractivity contribution is 0.595. The lowest BCUT2D eigenvalue weighted by Crippen LogP contribution is -2.26. The first kappa shape index (κ1) is 9.22. The third kappa shape index (κ3) is 1.35. The summed E-state index contributed by atoms with van der Waals surface area (Å²) in [4.78, 5) is 0. The molecule has 0 aliphatic rings. The quantitative estimate of drug-likeness (QED) is 0.501. The van der Waals surface area contributed by atoms with Crippen molar-refractivity contribution in [2.24, 2.45) is 12.9 Å². The van der Waals surface area contributed by atoms with Crippen LogP contribution in [0.4, 0.5) is 0 Å². The molecule has 4 nitrogen and oxygen atoms in total. The minimum Gasteiger partial charge on any atom is -0.272 e. The van der Waals surface area contributed by atoms with Gasteiger partial charge in [0.1, 0.15) is 0 Å². The number of nitrogens with one attached hydrogen (secondary N) is 1. The van der Waals surface area contributed by atoms with Crippen LogP contribution < -0.4 is 11.3 Å². The normalized spacial score (nSPS) is 13.4. The van der Waals surface area contributed by atoms with E-state index in [9.17, 15) is 0 Å². The van der Waals surface area contributed by atoms with Gasteiger partial charge in [-0.1, -0.05) is 0 Å². The molecule has 0 aliphatic heterocycles. The zero-order valence-corrected chi connectivity index (χ0v) is 8.05. The summed E-state index contributed by atoms with van der Waals surface area (Å²) in [6, 6.07) is 0.165. The van der Waals surface area contributed by atoms with Crippen molar-refractivity contribution in [3.05, 3.63) is 17.0 Å². The number of hydrogen-bond acceptors (Lipinski definition) is 3. The summed E-state index contributed by atoms with van der Waals surface area (Å²) >= 11 is 0. The second-order valence-electron chi connectivity index (χ2n) is 3.10. The lowest BCUT2D eigenvalue weighted by atomic mass is 10.1. The molecule has 1 aromatic rings. The van der Waals surface area contributed by atoms with Crippen LogP contribution in [0.2, 0.25) is 0 Å². The molecule has 68 valence electrons. The van der Waals surface area contributed by atoms with Crippen molar-refractivity contribution in [1.29, 1.82) is 0 Å². The van der Waals surface area contributed by atoms with E-state index in [4.69, 9.17) is 5.84 Å². The molecule has 0 fully saturated rings. The first-order valence-corrected chi connectivity index (χ1v) is 4.04. The van der Waals surface area contributed by atoms with Crippen LogP contribution in [0.1, 0.15) is 29.9 Å². The minimum atomic E-state index is 0.165. The van der Waals surface area contributed by atoms with Gasteiger partial charge in [-0.3, -0.25) is 16.0 Å². The third-order valence-electron chi connectivity index (χ3n) is 2.25. The second-order valence-corrected chi connectivity index (χ2v) is 3.10. The van der Waals surface area contributed by atoms with Gasteiger partial charge in [0.15, 0.2) is 0 Å². The molecule has 0 aromatic carbocycles. The molecule has 0 bridgehead atoms. The first-order valence-electron chi connectivity index (χ1n) is 4.04. The molecular formula is C8H16N4. The van der Waals surface area contributed by atoms with Crippen LogP contribution in [0.15, 0.2) is 0 Å². The fourth-order valence-electron chi connectivity index (χ4n) is 1.50. The van der Waals surface area contributed by atoms with E-state index in [1.54, 1.807) is 0 Å². The summed E-state index contributed by atoms with van der Waals surface area (Å²) in [5.74, 6) is 5.36. The Balaban J connectivity index is 3.13. The Labute approximate surface area is 72.7 Å². The van der Waals surface area contributed by atoms with E-state index in [1.165, 1.54) is 5.56 Å². The van der Waals surface area contributed by atoms with Crippen LogP contribution in [0.5, 0.6) is 0 Å². The number of hydrogen-bond donors (Lipinski definition) is 2. The molecular weight excluding hydrogens is 152 g/mol. The van der Waals surface area contributed by atoms with Crippen LogP contribution in [0, 0.1) is 13.8 Å². The largest absolute Gasteiger partial charge is 0.272 e. The Morgan fingerprint density at radius 2 is 2.08 bits per heavy atom. The van der Waals surface area contributed by atoms with Crippen LogP contribution in [0.25, 0.3) is 0 Å². The van der Waals surface area contributed by atoms with E-state index in [2.05, 4.69) is 10.5 Å². The predicted molar refractivity (Wildman–Crippen MR) is 48.4 cm³/mol. The number of nitrogens with two attached hydrogens (primary N) is 1. The smallest absolute Gasteiger partial charge is 0.0644 e. The molecule has 0 saturated carbocycles. The Hall–Kier alpha value is -0.870. The molecule has 4 heteroatoms. The monoisotopic (exact) mass is 168 g/mol. The van der Waals surface area contributed by atoms with E-state index >= 15 is 0 Å². The fraction of sp³-hybridized carbons (Fsp3) is 0.625. The van der Waals surface area contributed by atoms with Crippen LogP contribution in [-0.2, 0) is 7.05 Å². The van der Waals surface area contributed by atoms with Gasteiger partial charge in [0, 0.05) is 24.3 Å². The molecule has 12 heavy (non-hydrogen) atoms. The van der Waals surface area contributed by atoms with Crippen LogP contribution in [0.3, 0.4) is 0 Å². The summed E-state index contributed by atoms with van der Waals surface area (Å²) in [6.45, 7) is 6.07. The van der Waals surface area contributed by atoms with E-state index in [0.29, 0.717) is 0 Å². The molecule has 0 saturated heterocycles. The standard InChI is InChI=1S/C8H16N4/c1-5(10-9)8-6(2)11-12(4)7(8)3/h5,10H,9H2,1-4H3. The molecule has 1 atom stereocenters. The number of hydrazine groups is 1. The van der Waals surface area contributed by atoms with Gasteiger partial charge < -0.3 is 0 Å². The topological polar surface area (TPSA) is 55.9 Å². The Bertz CT molecular complexity index is 277. The van der Waals surface area contributed by atoms with Crippen molar-refractivity contribution < 1.29 is 0 Å². The number of nitrogens with zero attached hydrogens (tertiary/aromatic N) is 2. The fourth-order valence-corrected chi connectivity index (χ4v) is 1.50. The highest BCUT2D eigenvalue weighted by molar-refractivity contribution is 5.27. The molecule has 0 radical (unpaired) electrons. The Morgan fingerprint density at radius 3 is 2.42 bits per heavy atom. The average Bonchev–Trinajstić information content (AvgIpc) is 2.26. The highest BCUT2D eigenvalue weighted by atomic mass is 15.3. The summed E-state index contributed by atoms with van der Waals surface area (Å²) in [5, 5.41) is 4.30. The predicted octanol–water partition coefficient (Wildman–Crippen LogP) is 0.561. The maximum absolute atomic E-state index is 5.36. The third-order valence-corrected chi connectivity index (χ3v) is 2.25. The molecule has 1 aromatic heterocycles. The molecule has 0 spiro atoms. The Morgan fingerprint density at radius 1 is 1.50 bits per heavy atom. The van der Waals surface area contributed by atoms with Gasteiger partial charge in [0.25, 0.3) is 0 Å². The molecule has 1 unspecified atom stereocenters. The zero-order valence-electron chi connectivity index (χ0n) is 8.05. The van der Waals surface area contributed by atoms with Gasteiger partial charge in [-0.2, -0.15) is 5.10 Å². The highest BCUT2D eigenvalue weighted by Gasteiger charge is 2.14. The van der Waals surface area contributed by atoms with Crippen molar-refractivity contribution >= 4 is 0 Å². The lowest BCUT2D eigenvalue weighted by Gasteiger charge is -2.09. The number of aryl methyl sites for hydroxylation is 2. The molecule has 1 rings (SSSR count). The van der Waals surface area contributed by atoms with Crippen molar-refractivity contribution in [3.63, 3.8) is 0 Å². The molecule has 0 aliphatic carbocycles. The van der Waals surface area contributed by atoms with Crippen molar-refractivity contribution in [2.45, 2.75) is 26.8 Å². The van der Waals surface area contributed by atoms with Crippen molar-refractivity contribution in [2.75, 3.05) is 0 Å². The van der Waals surface area contributed by atoms with E-state index < -0.39 is 0 Å². The maximum atomic E-state index is 5.36. The van der Waals surface area contributed by atoms with Crippen molar-refractivity contribution in [3.8, 4) is 0 Å². The summed E-state index contributed by atoms with van der Waals surface area (Å²) in [6.07, 6.45) is 0. The van der Waals surface area contributed by atoms with Crippen LogP contribution >= 0.6 is 0 Å². The average molecular weight is 168 g/mol. The molecule has 1 heterocycles. The van der Waals surface area contributed by atoms with E-state index in [1.807, 2.05) is 32.5 Å². The Kier molecular flexibility index (Phi) is 2.49. The van der Waals surface area contributed by atoms with E-state index in [0.717, 1.165) is 11.4 Å². The second kappa shape index (κ2) is 3.25. The van der Waals surface area contributed by atoms with Gasteiger partial charge in [-0.05, 0) is 20.8 Å². The van der Waals surface area contributed by atoms with Gasteiger partial charge in [0.2, 0.25) is 0 Å². The molecule has 3 N–H and O–H groups in total. The summed E-state index contributed by atoms with van der Waals surface area (Å²) in [5.41, 5.74) is 6.12. The first-order chi connectivity index (χ1) is 5.57. The highest BCUT2D eigenvalue weighted by Crippen LogP contribution is 2.19. The SMILES string of the molecule is Cc1nn(C)c(C)c1C(C)NN. The van der Waals surface area contributed by atoms with Crippen LogP contribution in [-0.4, -0.2) is 9.78 Å². The van der Waals surface area contributed by atoms with Gasteiger partial charge in [-0.25, -0.2) is 0 Å². The van der Waals surface area contributed by atoms with Crippen molar-refractivity contribution in [1.82, 2.24) is 15.2 Å². The summed E-state index contributed by atoms with van der Waals surface area (Å²) in [7, 11) is 1.94. The summed E-state index contributed by atoms with van der Waals surface area (Å²) < 4.78 is 1.87. The molecule has 0 amide bonds. The van der Waals surface area contributed by atoms with Gasteiger partial charge in [0.05, 0.1) is 5.69 Å².